The smallest absolute Gasteiger partial charge is 0.136 e. The lowest BCUT2D eigenvalue weighted by Gasteiger charge is -2.35. The Labute approximate surface area is 124 Å². The molecule has 0 amide bonds. The van der Waals surface area contributed by atoms with Gasteiger partial charge in [0, 0.05) is 44.0 Å². The summed E-state index contributed by atoms with van der Waals surface area (Å²) < 4.78 is 13.7. The highest BCUT2D eigenvalue weighted by atomic mass is 19.1. The van der Waals surface area contributed by atoms with Gasteiger partial charge in [0.1, 0.15) is 11.6 Å². The molecule has 1 aromatic carbocycles. The van der Waals surface area contributed by atoms with Crippen LogP contribution in [0.2, 0.25) is 0 Å². The Morgan fingerprint density at radius 3 is 2.62 bits per heavy atom. The molecule has 5 heteroatoms. The quantitative estimate of drug-likeness (QED) is 0.940. The number of likely N-dealkylation sites (N-methyl/N-ethyl adjacent to an activating group) is 1. The van der Waals surface area contributed by atoms with Gasteiger partial charge in [0.25, 0.3) is 0 Å². The van der Waals surface area contributed by atoms with Crippen LogP contribution in [0.25, 0.3) is 10.8 Å². The van der Waals surface area contributed by atoms with E-state index in [2.05, 4.69) is 27.0 Å². The topological polar surface area (TPSA) is 31.4 Å². The first-order valence-corrected chi connectivity index (χ1v) is 7.46. The van der Waals surface area contributed by atoms with Crippen molar-refractivity contribution < 1.29 is 4.39 Å². The van der Waals surface area contributed by atoms with Crippen molar-refractivity contribution in [3.8, 4) is 0 Å². The van der Waals surface area contributed by atoms with Crippen molar-refractivity contribution in [1.29, 1.82) is 0 Å². The number of nitrogens with one attached hydrogen (secondary N) is 1. The monoisotopic (exact) mass is 288 g/mol. The van der Waals surface area contributed by atoms with Crippen molar-refractivity contribution in [2.75, 3.05) is 50.0 Å². The molecule has 3 rings (SSSR count). The molecule has 0 aliphatic carbocycles. The second kappa shape index (κ2) is 5.85. The van der Waals surface area contributed by atoms with Gasteiger partial charge in [0.15, 0.2) is 0 Å². The van der Waals surface area contributed by atoms with Crippen LogP contribution < -0.4 is 10.2 Å². The molecule has 1 N–H and O–H groups in total. The van der Waals surface area contributed by atoms with Gasteiger partial charge in [0.05, 0.1) is 11.9 Å². The van der Waals surface area contributed by atoms with E-state index < -0.39 is 0 Å². The van der Waals surface area contributed by atoms with Gasteiger partial charge in [-0.1, -0.05) is 6.92 Å². The fourth-order valence-corrected chi connectivity index (χ4v) is 2.93. The minimum atomic E-state index is -0.217. The lowest BCUT2D eigenvalue weighted by Crippen LogP contribution is -2.46. The number of piperazine rings is 1. The van der Waals surface area contributed by atoms with E-state index in [4.69, 9.17) is 0 Å². The molecular formula is C16H21FN4. The Kier molecular flexibility index (Phi) is 3.92. The van der Waals surface area contributed by atoms with Gasteiger partial charge in [-0.3, -0.25) is 0 Å². The molecule has 21 heavy (non-hydrogen) atoms. The van der Waals surface area contributed by atoms with Gasteiger partial charge < -0.3 is 15.1 Å². The molecule has 0 radical (unpaired) electrons. The molecule has 1 aromatic heterocycles. The predicted octanol–water partition coefficient (Wildman–Crippen LogP) is 2.56. The van der Waals surface area contributed by atoms with Crippen molar-refractivity contribution in [2.24, 2.45) is 0 Å². The molecule has 1 aliphatic heterocycles. The molecular weight excluding hydrogens is 267 g/mol. The average molecular weight is 288 g/mol. The number of aromatic nitrogens is 1. The zero-order chi connectivity index (χ0) is 14.8. The first-order valence-electron chi connectivity index (χ1n) is 7.46. The van der Waals surface area contributed by atoms with Crippen LogP contribution in [0.5, 0.6) is 0 Å². The lowest BCUT2D eigenvalue weighted by molar-refractivity contribution is 0.271. The number of pyridine rings is 1. The Balaban J connectivity index is 2.01. The Morgan fingerprint density at radius 2 is 1.95 bits per heavy atom. The second-order valence-electron chi connectivity index (χ2n) is 5.36. The third kappa shape index (κ3) is 2.65. The van der Waals surface area contributed by atoms with E-state index >= 15 is 0 Å². The van der Waals surface area contributed by atoms with Crippen LogP contribution in [0, 0.1) is 5.82 Å². The zero-order valence-corrected chi connectivity index (χ0v) is 12.6. The summed E-state index contributed by atoms with van der Waals surface area (Å²) in [6.07, 6.45) is 1.84. The minimum absolute atomic E-state index is 0.217. The van der Waals surface area contributed by atoms with Crippen molar-refractivity contribution in [2.45, 2.75) is 6.92 Å². The number of halogens is 1. The van der Waals surface area contributed by atoms with Gasteiger partial charge in [0.2, 0.25) is 0 Å². The van der Waals surface area contributed by atoms with E-state index in [9.17, 15) is 4.39 Å². The fourth-order valence-electron chi connectivity index (χ4n) is 2.93. The molecule has 0 saturated carbocycles. The molecule has 0 unspecified atom stereocenters. The third-order valence-corrected chi connectivity index (χ3v) is 4.22. The maximum absolute atomic E-state index is 13.7. The Hall–Kier alpha value is -1.88. The fraction of sp³-hybridized carbons (Fsp3) is 0.438. The summed E-state index contributed by atoms with van der Waals surface area (Å²) in [5.41, 5.74) is 0.931. The zero-order valence-electron chi connectivity index (χ0n) is 12.6. The molecule has 1 fully saturated rings. The van der Waals surface area contributed by atoms with Crippen LogP contribution in [0.4, 0.5) is 15.9 Å². The molecule has 2 aromatic rings. The minimum Gasteiger partial charge on any atom is -0.386 e. The maximum Gasteiger partial charge on any atom is 0.136 e. The van der Waals surface area contributed by atoms with E-state index in [-0.39, 0.29) is 5.82 Å². The van der Waals surface area contributed by atoms with E-state index in [0.29, 0.717) is 0 Å². The number of hydrogen-bond acceptors (Lipinski definition) is 4. The van der Waals surface area contributed by atoms with Crippen LogP contribution in [-0.4, -0.2) is 49.7 Å². The summed E-state index contributed by atoms with van der Waals surface area (Å²) >= 11 is 0. The molecule has 0 bridgehead atoms. The highest BCUT2D eigenvalue weighted by Crippen LogP contribution is 2.31. The number of fused-ring (bicyclic) bond motifs is 1. The Bertz CT molecular complexity index is 635. The Morgan fingerprint density at radius 1 is 1.19 bits per heavy atom. The third-order valence-electron chi connectivity index (χ3n) is 4.22. The second-order valence-corrected chi connectivity index (χ2v) is 5.36. The summed E-state index contributed by atoms with van der Waals surface area (Å²) in [4.78, 5) is 9.25. The molecule has 0 atom stereocenters. The first-order chi connectivity index (χ1) is 10.2. The predicted molar refractivity (Wildman–Crippen MR) is 85.6 cm³/mol. The number of nitrogens with zero attached hydrogens (tertiary/aromatic N) is 3. The van der Waals surface area contributed by atoms with Crippen LogP contribution in [0.3, 0.4) is 0 Å². The van der Waals surface area contributed by atoms with Crippen LogP contribution in [0.1, 0.15) is 6.92 Å². The van der Waals surface area contributed by atoms with Crippen molar-refractivity contribution in [3.05, 3.63) is 30.2 Å². The molecule has 112 valence electrons. The van der Waals surface area contributed by atoms with Gasteiger partial charge >= 0.3 is 0 Å². The number of rotatable bonds is 3. The highest BCUT2D eigenvalue weighted by Gasteiger charge is 2.19. The SMILES string of the molecule is CCN1CCN(c2ncc(NC)c3ccc(F)cc23)CC1. The summed E-state index contributed by atoms with van der Waals surface area (Å²) in [6, 6.07) is 4.91. The van der Waals surface area contributed by atoms with Crippen molar-refractivity contribution in [3.63, 3.8) is 0 Å². The number of hydrogen-bond donors (Lipinski definition) is 1. The van der Waals surface area contributed by atoms with E-state index in [0.717, 1.165) is 55.0 Å². The molecule has 4 nitrogen and oxygen atoms in total. The van der Waals surface area contributed by atoms with Crippen LogP contribution in [-0.2, 0) is 0 Å². The van der Waals surface area contributed by atoms with Crippen LogP contribution >= 0.6 is 0 Å². The van der Waals surface area contributed by atoms with E-state index in [1.165, 1.54) is 6.07 Å². The molecule has 1 aliphatic rings. The van der Waals surface area contributed by atoms with E-state index in [1.54, 1.807) is 6.07 Å². The molecule has 1 saturated heterocycles. The number of anilines is 2. The summed E-state index contributed by atoms with van der Waals surface area (Å²) in [6.45, 7) is 7.19. The summed E-state index contributed by atoms with van der Waals surface area (Å²) in [5, 5.41) is 5.02. The van der Waals surface area contributed by atoms with Gasteiger partial charge in [-0.2, -0.15) is 0 Å². The average Bonchev–Trinajstić information content (AvgIpc) is 2.53. The maximum atomic E-state index is 13.7. The largest absolute Gasteiger partial charge is 0.386 e. The van der Waals surface area contributed by atoms with Gasteiger partial charge in [-0.05, 0) is 24.7 Å². The normalized spacial score (nSPS) is 16.4. The summed E-state index contributed by atoms with van der Waals surface area (Å²) in [7, 11) is 1.86. The lowest BCUT2D eigenvalue weighted by atomic mass is 10.1. The molecule has 2 heterocycles. The van der Waals surface area contributed by atoms with Crippen molar-refractivity contribution in [1.82, 2.24) is 9.88 Å². The van der Waals surface area contributed by atoms with Crippen LogP contribution in [0.15, 0.2) is 24.4 Å². The number of benzene rings is 1. The highest BCUT2D eigenvalue weighted by molar-refractivity contribution is 6.00. The van der Waals surface area contributed by atoms with Gasteiger partial charge in [-0.15, -0.1) is 0 Å². The van der Waals surface area contributed by atoms with Crippen molar-refractivity contribution >= 4 is 22.3 Å². The summed E-state index contributed by atoms with van der Waals surface area (Å²) in [5.74, 6) is 0.672. The molecule has 0 spiro atoms. The van der Waals surface area contributed by atoms with Gasteiger partial charge in [-0.25, -0.2) is 9.37 Å². The van der Waals surface area contributed by atoms with E-state index in [1.807, 2.05) is 19.3 Å². The first kappa shape index (κ1) is 14.1. The standard InChI is InChI=1S/C16H21FN4/c1-3-20-6-8-21(9-7-20)16-14-10-12(17)4-5-13(14)15(18-2)11-19-16/h4-5,10-11,18H,3,6-9H2,1-2H3.